The van der Waals surface area contributed by atoms with Gasteiger partial charge in [0.05, 0.1) is 7.40 Å². The van der Waals surface area contributed by atoms with E-state index in [-0.39, 0.29) is 0 Å². The van der Waals surface area contributed by atoms with Crippen LogP contribution in [0.2, 0.25) is 0 Å². The topological polar surface area (TPSA) is 4.93 Å². The van der Waals surface area contributed by atoms with E-state index < -0.39 is 0 Å². The number of rotatable bonds is 2. The van der Waals surface area contributed by atoms with Gasteiger partial charge in [-0.05, 0) is 75.7 Å². The Balaban J connectivity index is 2.39. The average molecular weight is 437 g/mol. The second-order valence-electron chi connectivity index (χ2n) is 3.90. The highest BCUT2D eigenvalue weighted by Gasteiger charge is 2.13. The van der Waals surface area contributed by atoms with Crippen LogP contribution < -0.4 is 0 Å². The molecular weight excluding hydrogens is 424 g/mol. The summed E-state index contributed by atoms with van der Waals surface area (Å²) >= 11 is 4.87. The molecule has 16 heavy (non-hydrogen) atoms. The van der Waals surface area contributed by atoms with Gasteiger partial charge in [0.15, 0.2) is 0 Å². The second kappa shape index (κ2) is 5.08. The smallest absolute Gasteiger partial charge is 0.0842 e. The van der Waals surface area contributed by atoms with Gasteiger partial charge in [-0.3, -0.25) is 0 Å². The van der Waals surface area contributed by atoms with Gasteiger partial charge in [0, 0.05) is 6.54 Å². The van der Waals surface area contributed by atoms with Crippen LogP contribution in [-0.2, 0) is 6.54 Å². The Labute approximate surface area is 124 Å². The number of aromatic nitrogens is 1. The molecule has 0 atom stereocenters. The van der Waals surface area contributed by atoms with Crippen LogP contribution in [0.1, 0.15) is 16.7 Å². The normalized spacial score (nSPS) is 10.8. The minimum absolute atomic E-state index is 0.964. The maximum Gasteiger partial charge on any atom is 0.0842 e. The zero-order valence-corrected chi connectivity index (χ0v) is 13.6. The maximum absolute atomic E-state index is 2.44. The van der Waals surface area contributed by atoms with E-state index in [4.69, 9.17) is 0 Å². The van der Waals surface area contributed by atoms with Gasteiger partial charge in [-0.25, -0.2) is 0 Å². The number of benzene rings is 1. The van der Waals surface area contributed by atoms with Gasteiger partial charge in [0.2, 0.25) is 0 Å². The summed E-state index contributed by atoms with van der Waals surface area (Å²) in [5, 5.41) is 0. The quantitative estimate of drug-likeness (QED) is 0.616. The number of halogens is 2. The van der Waals surface area contributed by atoms with E-state index in [1.807, 2.05) is 0 Å². The highest BCUT2D eigenvalue weighted by Crippen LogP contribution is 2.25. The van der Waals surface area contributed by atoms with Crippen molar-refractivity contribution in [3.8, 4) is 0 Å². The molecule has 0 radical (unpaired) electrons. The van der Waals surface area contributed by atoms with Crippen molar-refractivity contribution in [1.29, 1.82) is 0 Å². The van der Waals surface area contributed by atoms with Crippen LogP contribution in [0.4, 0.5) is 0 Å². The van der Waals surface area contributed by atoms with E-state index >= 15 is 0 Å². The van der Waals surface area contributed by atoms with Gasteiger partial charge in [-0.2, -0.15) is 0 Å². The first-order chi connectivity index (χ1) is 7.61. The molecule has 2 rings (SSSR count). The van der Waals surface area contributed by atoms with E-state index in [2.05, 4.69) is 93.9 Å². The molecule has 1 aromatic heterocycles. The third-order valence-corrected chi connectivity index (χ3v) is 5.62. The molecule has 0 fully saturated rings. The zero-order chi connectivity index (χ0) is 11.7. The van der Waals surface area contributed by atoms with E-state index in [1.165, 1.54) is 24.1 Å². The van der Waals surface area contributed by atoms with Crippen LogP contribution in [0, 0.1) is 21.2 Å². The van der Waals surface area contributed by atoms with Crippen molar-refractivity contribution in [2.24, 2.45) is 0 Å². The van der Waals surface area contributed by atoms with Crippen molar-refractivity contribution < 1.29 is 0 Å². The van der Waals surface area contributed by atoms with Crippen molar-refractivity contribution in [3.05, 3.63) is 54.4 Å². The summed E-state index contributed by atoms with van der Waals surface area (Å²) in [6.45, 7) is 5.35. The molecule has 3 heteroatoms. The highest BCUT2D eigenvalue weighted by atomic mass is 127. The molecule has 1 aromatic carbocycles. The van der Waals surface area contributed by atoms with Crippen LogP contribution in [0.3, 0.4) is 0 Å². The molecule has 2 aromatic rings. The summed E-state index contributed by atoms with van der Waals surface area (Å²) in [5.74, 6) is 0. The van der Waals surface area contributed by atoms with Gasteiger partial charge in [0.25, 0.3) is 0 Å². The molecule has 84 valence electrons. The van der Waals surface area contributed by atoms with Crippen LogP contribution in [-0.4, -0.2) is 4.57 Å². The molecule has 0 saturated carbocycles. The van der Waals surface area contributed by atoms with Crippen LogP contribution in [0.15, 0.2) is 30.3 Å². The SMILES string of the molecule is Cc1c(C)c(I)n(Cc2ccccc2)c1I. The average Bonchev–Trinajstić information content (AvgIpc) is 2.48. The van der Waals surface area contributed by atoms with E-state index in [1.54, 1.807) is 0 Å². The summed E-state index contributed by atoms with van der Waals surface area (Å²) in [6.07, 6.45) is 0. The Bertz CT molecular complexity index is 475. The van der Waals surface area contributed by atoms with Gasteiger partial charge in [-0.15, -0.1) is 0 Å². The molecule has 0 bridgehead atoms. The molecule has 0 spiro atoms. The molecule has 0 N–H and O–H groups in total. The molecule has 0 saturated heterocycles. The molecular formula is C13H13I2N. The summed E-state index contributed by atoms with van der Waals surface area (Å²) < 4.78 is 5.08. The summed E-state index contributed by atoms with van der Waals surface area (Å²) in [7, 11) is 0. The second-order valence-corrected chi connectivity index (χ2v) is 5.95. The molecule has 0 aliphatic carbocycles. The van der Waals surface area contributed by atoms with E-state index in [0.29, 0.717) is 0 Å². The fourth-order valence-corrected chi connectivity index (χ4v) is 3.80. The lowest BCUT2D eigenvalue weighted by atomic mass is 10.2. The molecule has 0 aliphatic rings. The lowest BCUT2D eigenvalue weighted by molar-refractivity contribution is 0.761. The third-order valence-electron chi connectivity index (χ3n) is 2.84. The molecule has 0 aliphatic heterocycles. The van der Waals surface area contributed by atoms with E-state index in [0.717, 1.165) is 6.54 Å². The minimum atomic E-state index is 0.964. The lowest BCUT2D eigenvalue weighted by Crippen LogP contribution is -2.04. The first-order valence-electron chi connectivity index (χ1n) is 5.16. The largest absolute Gasteiger partial charge is 0.327 e. The minimum Gasteiger partial charge on any atom is -0.327 e. The van der Waals surface area contributed by atoms with Crippen LogP contribution in [0.5, 0.6) is 0 Å². The molecule has 0 unspecified atom stereocenters. The van der Waals surface area contributed by atoms with Crippen LogP contribution in [0.25, 0.3) is 0 Å². The summed E-state index contributed by atoms with van der Waals surface area (Å²) in [5.41, 5.74) is 4.16. The first-order valence-corrected chi connectivity index (χ1v) is 7.31. The standard InChI is InChI=1S/C13H13I2N/c1-9-10(2)13(15)16(12(9)14)8-11-6-4-3-5-7-11/h3-7H,8H2,1-2H3. The Kier molecular flexibility index (Phi) is 3.94. The van der Waals surface area contributed by atoms with Crippen molar-refractivity contribution >= 4 is 45.2 Å². The Morgan fingerprint density at radius 2 is 1.44 bits per heavy atom. The Hall–Kier alpha value is -0.0400. The maximum atomic E-state index is 2.44. The number of hydrogen-bond donors (Lipinski definition) is 0. The van der Waals surface area contributed by atoms with Gasteiger partial charge < -0.3 is 4.57 Å². The third kappa shape index (κ3) is 2.30. The molecule has 1 nitrogen and oxygen atoms in total. The predicted molar refractivity (Wildman–Crippen MR) is 84.9 cm³/mol. The molecule has 1 heterocycles. The lowest BCUT2D eigenvalue weighted by Gasteiger charge is -2.07. The van der Waals surface area contributed by atoms with Crippen molar-refractivity contribution in [2.45, 2.75) is 20.4 Å². The highest BCUT2D eigenvalue weighted by molar-refractivity contribution is 14.1. The molecule has 0 amide bonds. The van der Waals surface area contributed by atoms with Crippen LogP contribution >= 0.6 is 45.2 Å². The van der Waals surface area contributed by atoms with Gasteiger partial charge >= 0.3 is 0 Å². The number of hydrogen-bond acceptors (Lipinski definition) is 0. The summed E-state index contributed by atoms with van der Waals surface area (Å²) in [4.78, 5) is 0. The zero-order valence-electron chi connectivity index (χ0n) is 9.30. The predicted octanol–water partition coefficient (Wildman–Crippen LogP) is 4.36. The van der Waals surface area contributed by atoms with Crippen molar-refractivity contribution in [2.75, 3.05) is 0 Å². The Morgan fingerprint density at radius 1 is 0.938 bits per heavy atom. The van der Waals surface area contributed by atoms with Crippen molar-refractivity contribution in [1.82, 2.24) is 4.57 Å². The van der Waals surface area contributed by atoms with E-state index in [9.17, 15) is 0 Å². The van der Waals surface area contributed by atoms with Gasteiger partial charge in [-0.1, -0.05) is 30.3 Å². The van der Waals surface area contributed by atoms with Crippen molar-refractivity contribution in [3.63, 3.8) is 0 Å². The fourth-order valence-electron chi connectivity index (χ4n) is 1.71. The fraction of sp³-hybridized carbons (Fsp3) is 0.231. The Morgan fingerprint density at radius 3 is 1.94 bits per heavy atom. The summed E-state index contributed by atoms with van der Waals surface area (Å²) in [6, 6.07) is 10.6. The monoisotopic (exact) mass is 437 g/mol. The first kappa shape index (κ1) is 12.4. The number of nitrogens with zero attached hydrogens (tertiary/aromatic N) is 1. The van der Waals surface area contributed by atoms with Gasteiger partial charge in [0.1, 0.15) is 0 Å².